The largest absolute Gasteiger partial charge is 0.269 e. The third-order valence-corrected chi connectivity index (χ3v) is 7.39. The number of hydrogen-bond acceptors (Lipinski definition) is 6. The Labute approximate surface area is 181 Å². The summed E-state index contributed by atoms with van der Waals surface area (Å²) in [6.45, 7) is 0.377. The zero-order valence-electron chi connectivity index (χ0n) is 17.3. The Morgan fingerprint density at radius 3 is 2.55 bits per heavy atom. The summed E-state index contributed by atoms with van der Waals surface area (Å²) in [4.78, 5) is 10.2. The number of halogens is 1. The minimum atomic E-state index is -3.67. The first kappa shape index (κ1) is 23.3. The summed E-state index contributed by atoms with van der Waals surface area (Å²) >= 11 is 0. The first-order valence-electron chi connectivity index (χ1n) is 10.2. The lowest BCUT2D eigenvalue weighted by Crippen LogP contribution is -2.31. The molecule has 2 aromatic carbocycles. The van der Waals surface area contributed by atoms with Crippen LogP contribution in [0.25, 0.3) is 0 Å². The first-order valence-corrected chi connectivity index (χ1v) is 11.7. The Morgan fingerprint density at radius 2 is 1.87 bits per heavy atom. The molecular formula is C21H27FN4O4S. The molecular weight excluding hydrogens is 423 g/mol. The molecule has 1 heterocycles. The highest BCUT2D eigenvalue weighted by molar-refractivity contribution is 7.89. The molecule has 0 radical (unpaired) electrons. The molecule has 2 atom stereocenters. The molecule has 31 heavy (non-hydrogen) atoms. The maximum Gasteiger partial charge on any atom is 0.269 e. The summed E-state index contributed by atoms with van der Waals surface area (Å²) in [5.41, 5.74) is 7.25. The lowest BCUT2D eigenvalue weighted by molar-refractivity contribution is -0.384. The number of non-ortho nitro benzene ring substituents is 1. The SMILES string of the molecule is CN(CCCCCC1CC(c2cccc(F)c2)NN1)S(=O)(=O)c1ccc([N+](=O)[O-])cc1. The smallest absolute Gasteiger partial charge is 0.258 e. The number of benzene rings is 2. The van der Waals surface area contributed by atoms with E-state index in [9.17, 15) is 22.9 Å². The van der Waals surface area contributed by atoms with Crippen LogP contribution in [0.3, 0.4) is 0 Å². The van der Waals surface area contributed by atoms with Gasteiger partial charge in [0.05, 0.1) is 9.82 Å². The molecule has 2 unspecified atom stereocenters. The van der Waals surface area contributed by atoms with E-state index in [0.29, 0.717) is 6.54 Å². The van der Waals surface area contributed by atoms with Gasteiger partial charge in [0.1, 0.15) is 5.82 Å². The van der Waals surface area contributed by atoms with E-state index in [2.05, 4.69) is 10.9 Å². The average Bonchev–Trinajstić information content (AvgIpc) is 3.22. The van der Waals surface area contributed by atoms with Crippen molar-refractivity contribution in [1.82, 2.24) is 15.2 Å². The molecule has 0 aliphatic carbocycles. The van der Waals surface area contributed by atoms with E-state index in [1.165, 1.54) is 41.7 Å². The molecule has 0 spiro atoms. The van der Waals surface area contributed by atoms with Gasteiger partial charge in [0, 0.05) is 37.8 Å². The number of nitrogens with one attached hydrogen (secondary N) is 2. The fourth-order valence-electron chi connectivity index (χ4n) is 3.70. The van der Waals surface area contributed by atoms with Gasteiger partial charge in [0.25, 0.3) is 5.69 Å². The number of sulfonamides is 1. The summed E-state index contributed by atoms with van der Waals surface area (Å²) in [5.74, 6) is -0.240. The van der Waals surface area contributed by atoms with Crippen LogP contribution >= 0.6 is 0 Å². The fraction of sp³-hybridized carbons (Fsp3) is 0.429. The molecule has 2 N–H and O–H groups in total. The van der Waals surface area contributed by atoms with Crippen LogP contribution < -0.4 is 10.9 Å². The van der Waals surface area contributed by atoms with Crippen LogP contribution in [0.5, 0.6) is 0 Å². The van der Waals surface area contributed by atoms with Crippen LogP contribution in [-0.2, 0) is 10.0 Å². The number of hydrazine groups is 1. The second-order valence-electron chi connectivity index (χ2n) is 7.76. The molecule has 3 rings (SSSR count). The number of nitrogens with zero attached hydrogens (tertiary/aromatic N) is 2. The summed E-state index contributed by atoms with van der Waals surface area (Å²) in [7, 11) is -2.15. The van der Waals surface area contributed by atoms with Crippen molar-refractivity contribution < 1.29 is 17.7 Å². The van der Waals surface area contributed by atoms with Crippen LogP contribution in [0, 0.1) is 15.9 Å². The van der Waals surface area contributed by atoms with E-state index in [1.54, 1.807) is 12.1 Å². The van der Waals surface area contributed by atoms with E-state index in [1.807, 2.05) is 6.07 Å². The average molecular weight is 451 g/mol. The third kappa shape index (κ3) is 6.07. The Balaban J connectivity index is 1.39. The van der Waals surface area contributed by atoms with Crippen molar-refractivity contribution in [2.24, 2.45) is 0 Å². The maximum atomic E-state index is 13.4. The number of nitro groups is 1. The molecule has 8 nitrogen and oxygen atoms in total. The third-order valence-electron chi connectivity index (χ3n) is 5.51. The van der Waals surface area contributed by atoms with E-state index in [0.717, 1.165) is 37.7 Å². The Bertz CT molecular complexity index is 1000. The van der Waals surface area contributed by atoms with Gasteiger partial charge in [-0.05, 0) is 49.1 Å². The fourth-order valence-corrected chi connectivity index (χ4v) is 4.90. The predicted octanol–water partition coefficient (Wildman–Crippen LogP) is 3.52. The number of hydrogen-bond donors (Lipinski definition) is 2. The normalized spacial score (nSPS) is 19.1. The van der Waals surface area contributed by atoms with Crippen LogP contribution in [0.1, 0.15) is 43.7 Å². The molecule has 0 amide bonds. The summed E-state index contributed by atoms with van der Waals surface area (Å²) in [5, 5.41) is 10.7. The van der Waals surface area contributed by atoms with E-state index >= 15 is 0 Å². The number of rotatable bonds is 10. The van der Waals surface area contributed by atoms with Crippen molar-refractivity contribution in [3.8, 4) is 0 Å². The van der Waals surface area contributed by atoms with E-state index in [-0.39, 0.29) is 28.5 Å². The van der Waals surface area contributed by atoms with Crippen LogP contribution in [-0.4, -0.2) is 37.3 Å². The monoisotopic (exact) mass is 450 g/mol. The zero-order valence-corrected chi connectivity index (χ0v) is 18.1. The van der Waals surface area contributed by atoms with Crippen LogP contribution in [0.15, 0.2) is 53.4 Å². The second-order valence-corrected chi connectivity index (χ2v) is 9.80. The molecule has 0 bridgehead atoms. The van der Waals surface area contributed by atoms with Gasteiger partial charge in [-0.25, -0.2) is 17.1 Å². The Morgan fingerprint density at radius 1 is 1.13 bits per heavy atom. The van der Waals surface area contributed by atoms with Gasteiger partial charge < -0.3 is 0 Å². The summed E-state index contributed by atoms with van der Waals surface area (Å²) in [6, 6.07) is 11.9. The first-order chi connectivity index (χ1) is 14.8. The maximum absolute atomic E-state index is 13.4. The van der Waals surface area contributed by atoms with Gasteiger partial charge in [0.15, 0.2) is 0 Å². The lowest BCUT2D eigenvalue weighted by Gasteiger charge is -2.17. The van der Waals surface area contributed by atoms with Crippen molar-refractivity contribution in [2.75, 3.05) is 13.6 Å². The highest BCUT2D eigenvalue weighted by atomic mass is 32.2. The van der Waals surface area contributed by atoms with Gasteiger partial charge in [-0.3, -0.25) is 21.0 Å². The van der Waals surface area contributed by atoms with Gasteiger partial charge in [-0.2, -0.15) is 0 Å². The lowest BCUT2D eigenvalue weighted by atomic mass is 9.99. The number of unbranched alkanes of at least 4 members (excludes halogenated alkanes) is 2. The van der Waals surface area contributed by atoms with Crippen molar-refractivity contribution in [3.05, 3.63) is 70.0 Å². The molecule has 1 saturated heterocycles. The van der Waals surface area contributed by atoms with Crippen LogP contribution in [0.2, 0.25) is 0 Å². The zero-order chi connectivity index (χ0) is 22.4. The van der Waals surface area contributed by atoms with E-state index in [4.69, 9.17) is 0 Å². The van der Waals surface area contributed by atoms with Gasteiger partial charge in [0.2, 0.25) is 10.0 Å². The Hall–Kier alpha value is -2.40. The van der Waals surface area contributed by atoms with Gasteiger partial charge in [-0.1, -0.05) is 25.0 Å². The number of nitro benzene ring substituents is 1. The minimum Gasteiger partial charge on any atom is -0.258 e. The molecule has 2 aromatic rings. The molecule has 1 aliphatic rings. The van der Waals surface area contributed by atoms with Crippen molar-refractivity contribution >= 4 is 15.7 Å². The highest BCUT2D eigenvalue weighted by Gasteiger charge is 2.25. The molecule has 0 aromatic heterocycles. The summed E-state index contributed by atoms with van der Waals surface area (Å²) in [6.07, 6.45) is 4.36. The van der Waals surface area contributed by atoms with Gasteiger partial charge in [-0.15, -0.1) is 0 Å². The molecule has 1 aliphatic heterocycles. The quantitative estimate of drug-likeness (QED) is 0.326. The van der Waals surface area contributed by atoms with Gasteiger partial charge >= 0.3 is 0 Å². The van der Waals surface area contributed by atoms with Crippen molar-refractivity contribution in [3.63, 3.8) is 0 Å². The van der Waals surface area contributed by atoms with Crippen LogP contribution in [0.4, 0.5) is 10.1 Å². The predicted molar refractivity (Wildman–Crippen MR) is 115 cm³/mol. The van der Waals surface area contributed by atoms with E-state index < -0.39 is 14.9 Å². The topological polar surface area (TPSA) is 105 Å². The molecule has 10 heteroatoms. The molecule has 0 saturated carbocycles. The van der Waals surface area contributed by atoms with Crippen molar-refractivity contribution in [1.29, 1.82) is 0 Å². The molecule has 168 valence electrons. The second kappa shape index (κ2) is 10.3. The standard InChI is InChI=1S/C21H27FN4O4S/c1-25(31(29,30)20-11-9-19(10-12-20)26(27)28)13-4-2-3-8-18-15-21(24-23-18)16-6-5-7-17(22)14-16/h5-7,9-12,14,18,21,23-24H,2-4,8,13,15H2,1H3. The Kier molecular flexibility index (Phi) is 7.71. The minimum absolute atomic E-state index is 0.0465. The highest BCUT2D eigenvalue weighted by Crippen LogP contribution is 2.25. The van der Waals surface area contributed by atoms with Crippen molar-refractivity contribution in [2.45, 2.75) is 49.1 Å². The summed E-state index contributed by atoms with van der Waals surface area (Å²) < 4.78 is 39.9. The molecule has 1 fully saturated rings.